The maximum Gasteiger partial charge on any atom is 0.228 e. The van der Waals surface area contributed by atoms with Crippen molar-refractivity contribution in [1.82, 2.24) is 0 Å². The topological polar surface area (TPSA) is 9.23 Å². The van der Waals surface area contributed by atoms with E-state index < -0.39 is 6.86 Å². The Labute approximate surface area is 96.3 Å². The summed E-state index contributed by atoms with van der Waals surface area (Å²) in [6.07, 6.45) is 1.87. The van der Waals surface area contributed by atoms with Crippen LogP contribution in [0.5, 0.6) is 5.75 Å². The van der Waals surface area contributed by atoms with Crippen LogP contribution in [0.15, 0.2) is 22.7 Å². The van der Waals surface area contributed by atoms with E-state index in [-0.39, 0.29) is 0 Å². The van der Waals surface area contributed by atoms with E-state index in [2.05, 4.69) is 15.9 Å². The molecule has 1 aromatic rings. The third kappa shape index (κ3) is 3.46. The van der Waals surface area contributed by atoms with Crippen LogP contribution in [0.3, 0.4) is 0 Å². The highest BCUT2D eigenvalue weighted by Gasteiger charge is 2.02. The number of rotatable bonds is 5. The fourth-order valence-corrected chi connectivity index (χ4v) is 1.82. The summed E-state index contributed by atoms with van der Waals surface area (Å²) in [5.41, 5.74) is 1.17. The second-order valence-corrected chi connectivity index (χ2v) is 4.04. The predicted octanol–water partition coefficient (Wildman–Crippen LogP) is 3.93. The molecule has 0 radical (unpaired) electrons. The molecule has 0 amide bonds. The highest BCUT2D eigenvalue weighted by Crippen LogP contribution is 2.26. The van der Waals surface area contributed by atoms with E-state index in [1.165, 1.54) is 5.56 Å². The van der Waals surface area contributed by atoms with Crippen molar-refractivity contribution in [1.29, 1.82) is 0 Å². The van der Waals surface area contributed by atoms with Crippen LogP contribution >= 0.6 is 27.5 Å². The van der Waals surface area contributed by atoms with E-state index in [0.29, 0.717) is 11.6 Å². The minimum absolute atomic E-state index is 0.530. The summed E-state index contributed by atoms with van der Waals surface area (Å²) in [5, 5.41) is 0. The summed E-state index contributed by atoms with van der Waals surface area (Å²) in [4.78, 5) is 0. The van der Waals surface area contributed by atoms with Gasteiger partial charge in [0.2, 0.25) is 6.86 Å². The lowest BCUT2D eigenvalue weighted by molar-refractivity contribution is 0.190. The van der Waals surface area contributed by atoms with Crippen LogP contribution in [0.2, 0.25) is 0 Å². The molecule has 0 saturated heterocycles. The second kappa shape index (κ2) is 6.25. The molecule has 0 aromatic heterocycles. The summed E-state index contributed by atoms with van der Waals surface area (Å²) in [7, 11) is 0. The van der Waals surface area contributed by atoms with Crippen LogP contribution in [0.25, 0.3) is 0 Å². The van der Waals surface area contributed by atoms with Gasteiger partial charge in [-0.15, -0.1) is 11.6 Å². The SMILES string of the molecule is FCOc1ccc(CCCCl)cc1Br. The molecule has 0 heterocycles. The molecule has 0 unspecified atom stereocenters. The van der Waals surface area contributed by atoms with Gasteiger partial charge in [0.05, 0.1) is 4.47 Å². The van der Waals surface area contributed by atoms with Gasteiger partial charge in [-0.3, -0.25) is 0 Å². The van der Waals surface area contributed by atoms with Gasteiger partial charge in [0.15, 0.2) is 0 Å². The summed E-state index contributed by atoms with van der Waals surface area (Å²) >= 11 is 8.90. The molecule has 4 heteroatoms. The van der Waals surface area contributed by atoms with E-state index in [1.54, 1.807) is 6.07 Å². The van der Waals surface area contributed by atoms with Crippen molar-refractivity contribution >= 4 is 27.5 Å². The first-order valence-corrected chi connectivity index (χ1v) is 5.64. The molecular formula is C10H11BrClFO. The van der Waals surface area contributed by atoms with Crippen LogP contribution in [0, 0.1) is 0 Å². The van der Waals surface area contributed by atoms with Crippen molar-refractivity contribution < 1.29 is 9.13 Å². The maximum absolute atomic E-state index is 11.9. The zero-order chi connectivity index (χ0) is 10.4. The van der Waals surface area contributed by atoms with Crippen LogP contribution in [0.4, 0.5) is 4.39 Å². The van der Waals surface area contributed by atoms with Gasteiger partial charge in [0.25, 0.3) is 0 Å². The molecule has 0 aliphatic heterocycles. The van der Waals surface area contributed by atoms with E-state index in [1.807, 2.05) is 12.1 Å². The van der Waals surface area contributed by atoms with Gasteiger partial charge >= 0.3 is 0 Å². The zero-order valence-electron chi connectivity index (χ0n) is 7.60. The third-order valence-electron chi connectivity index (χ3n) is 1.81. The molecule has 0 saturated carbocycles. The molecule has 1 nitrogen and oxygen atoms in total. The molecule has 0 aliphatic carbocycles. The zero-order valence-corrected chi connectivity index (χ0v) is 9.94. The Morgan fingerprint density at radius 1 is 1.43 bits per heavy atom. The normalized spacial score (nSPS) is 10.2. The Morgan fingerprint density at radius 2 is 2.21 bits per heavy atom. The van der Waals surface area contributed by atoms with Gasteiger partial charge in [0.1, 0.15) is 5.75 Å². The number of alkyl halides is 2. The molecule has 1 aromatic carbocycles. The van der Waals surface area contributed by atoms with Crippen molar-refractivity contribution in [3.63, 3.8) is 0 Å². The first-order valence-electron chi connectivity index (χ1n) is 4.31. The number of aryl methyl sites for hydroxylation is 1. The van der Waals surface area contributed by atoms with Crippen LogP contribution in [-0.2, 0) is 6.42 Å². The highest BCUT2D eigenvalue weighted by atomic mass is 79.9. The monoisotopic (exact) mass is 280 g/mol. The summed E-state index contributed by atoms with van der Waals surface area (Å²) in [6, 6.07) is 5.60. The fourth-order valence-electron chi connectivity index (χ4n) is 1.15. The Morgan fingerprint density at radius 3 is 2.79 bits per heavy atom. The number of ether oxygens (including phenoxy) is 1. The maximum atomic E-state index is 11.9. The Balaban J connectivity index is 2.68. The summed E-state index contributed by atoms with van der Waals surface area (Å²) < 4.78 is 17.4. The van der Waals surface area contributed by atoms with Crippen molar-refractivity contribution in [2.45, 2.75) is 12.8 Å². The Kier molecular flexibility index (Phi) is 5.26. The molecule has 0 spiro atoms. The lowest BCUT2D eigenvalue weighted by Crippen LogP contribution is -1.93. The number of hydrogen-bond donors (Lipinski definition) is 0. The first kappa shape index (κ1) is 11.8. The third-order valence-corrected chi connectivity index (χ3v) is 2.69. The molecule has 0 fully saturated rings. The average Bonchev–Trinajstić information content (AvgIpc) is 2.19. The van der Waals surface area contributed by atoms with Crippen LogP contribution < -0.4 is 4.74 Å². The van der Waals surface area contributed by atoms with Gasteiger partial charge < -0.3 is 4.74 Å². The number of benzene rings is 1. The minimum Gasteiger partial charge on any atom is -0.462 e. The van der Waals surface area contributed by atoms with E-state index in [4.69, 9.17) is 16.3 Å². The molecule has 0 atom stereocenters. The lowest BCUT2D eigenvalue weighted by atomic mass is 10.1. The van der Waals surface area contributed by atoms with Crippen molar-refractivity contribution in [3.05, 3.63) is 28.2 Å². The molecular weight excluding hydrogens is 270 g/mol. The van der Waals surface area contributed by atoms with Gasteiger partial charge in [-0.1, -0.05) is 6.07 Å². The van der Waals surface area contributed by atoms with Crippen LogP contribution in [-0.4, -0.2) is 12.7 Å². The molecule has 0 aliphatic rings. The van der Waals surface area contributed by atoms with Crippen LogP contribution in [0.1, 0.15) is 12.0 Å². The number of halogens is 3. The predicted molar refractivity (Wildman–Crippen MR) is 59.8 cm³/mol. The van der Waals surface area contributed by atoms with E-state index in [0.717, 1.165) is 17.3 Å². The Bertz CT molecular complexity index is 293. The molecule has 1 rings (SSSR count). The smallest absolute Gasteiger partial charge is 0.228 e. The minimum atomic E-state index is -0.806. The summed E-state index contributed by atoms with van der Waals surface area (Å²) in [6.45, 7) is -0.806. The molecule has 0 N–H and O–H groups in total. The Hall–Kier alpha value is -0.280. The molecule has 14 heavy (non-hydrogen) atoms. The van der Waals surface area contributed by atoms with E-state index >= 15 is 0 Å². The highest BCUT2D eigenvalue weighted by molar-refractivity contribution is 9.10. The largest absolute Gasteiger partial charge is 0.462 e. The molecule has 0 bridgehead atoms. The van der Waals surface area contributed by atoms with Crippen molar-refractivity contribution in [3.8, 4) is 5.75 Å². The van der Waals surface area contributed by atoms with Gasteiger partial charge in [-0.2, -0.15) is 0 Å². The molecule has 78 valence electrons. The first-order chi connectivity index (χ1) is 6.77. The van der Waals surface area contributed by atoms with Crippen molar-refractivity contribution in [2.24, 2.45) is 0 Å². The lowest BCUT2D eigenvalue weighted by Gasteiger charge is -2.06. The van der Waals surface area contributed by atoms with E-state index in [9.17, 15) is 4.39 Å². The average molecular weight is 282 g/mol. The van der Waals surface area contributed by atoms with Crippen molar-refractivity contribution in [2.75, 3.05) is 12.7 Å². The summed E-state index contributed by atoms with van der Waals surface area (Å²) in [5.74, 6) is 1.18. The quantitative estimate of drug-likeness (QED) is 0.743. The van der Waals surface area contributed by atoms with Gasteiger partial charge in [0, 0.05) is 5.88 Å². The fraction of sp³-hybridized carbons (Fsp3) is 0.400. The second-order valence-electron chi connectivity index (χ2n) is 2.81. The van der Waals surface area contributed by atoms with Gasteiger partial charge in [-0.25, -0.2) is 4.39 Å². The van der Waals surface area contributed by atoms with Gasteiger partial charge in [-0.05, 0) is 46.5 Å². The number of hydrogen-bond acceptors (Lipinski definition) is 1. The standard InChI is InChI=1S/C10H11BrClFO/c11-9-6-8(2-1-5-12)3-4-10(9)14-7-13/h3-4,6H,1-2,5,7H2.